The van der Waals surface area contributed by atoms with Crippen LogP contribution in [0, 0.1) is 13.8 Å². The van der Waals surface area contributed by atoms with E-state index in [1.807, 2.05) is 0 Å². The molecule has 3 aromatic rings. The Morgan fingerprint density at radius 3 is 2.44 bits per heavy atom. The van der Waals surface area contributed by atoms with Crippen LogP contribution < -0.4 is 10.2 Å². The summed E-state index contributed by atoms with van der Waals surface area (Å²) in [4.78, 5) is 25.9. The predicted molar refractivity (Wildman–Crippen MR) is 136 cm³/mol. The number of thioether (sulfide) groups is 1. The molecule has 4 rings (SSSR count). The van der Waals surface area contributed by atoms with Crippen LogP contribution in [-0.2, 0) is 11.0 Å². The summed E-state index contributed by atoms with van der Waals surface area (Å²) in [6, 6.07) is 13.2. The Bertz CT molecular complexity index is 1400. The van der Waals surface area contributed by atoms with Crippen molar-refractivity contribution in [3.05, 3.63) is 87.6 Å². The van der Waals surface area contributed by atoms with Gasteiger partial charge in [0, 0.05) is 22.6 Å². The molecule has 1 saturated heterocycles. The number of nitrogens with one attached hydrogen (secondary N) is 1. The predicted octanol–water partition coefficient (Wildman–Crippen LogP) is 5.67. The maximum absolute atomic E-state index is 13.2. The van der Waals surface area contributed by atoms with Crippen molar-refractivity contribution >= 4 is 46.2 Å². The molecule has 0 atom stereocenters. The van der Waals surface area contributed by atoms with Gasteiger partial charge < -0.3 is 9.30 Å². The summed E-state index contributed by atoms with van der Waals surface area (Å²) in [5, 5.41) is 1.00. The molecule has 0 unspecified atom stereocenters. The molecule has 0 saturated carbocycles. The van der Waals surface area contributed by atoms with Gasteiger partial charge in [-0.05, 0) is 86.2 Å². The number of benzene rings is 2. The quantitative estimate of drug-likeness (QED) is 0.340. The highest BCUT2D eigenvalue weighted by Gasteiger charge is 2.34. The molecule has 1 fully saturated rings. The fourth-order valence-corrected chi connectivity index (χ4v) is 4.94. The Morgan fingerprint density at radius 2 is 1.81 bits per heavy atom. The van der Waals surface area contributed by atoms with E-state index in [1.165, 1.54) is 13.2 Å². The molecule has 1 aromatic heterocycles. The Balaban J connectivity index is 1.58. The average Bonchev–Trinajstić information content (AvgIpc) is 3.27. The number of aromatic nitrogens is 1. The van der Waals surface area contributed by atoms with Crippen molar-refractivity contribution in [2.24, 2.45) is 0 Å². The molecule has 36 heavy (non-hydrogen) atoms. The van der Waals surface area contributed by atoms with Crippen LogP contribution in [0.5, 0.6) is 5.75 Å². The highest BCUT2D eigenvalue weighted by Crippen LogP contribution is 2.34. The van der Waals surface area contributed by atoms with Crippen LogP contribution in [0.25, 0.3) is 11.8 Å². The molecule has 1 aliphatic rings. The normalized spacial score (nSPS) is 15.1. The standard InChI is InChI=1S/C25H20F3N3O3S2/c1-14-11-17(15(2)30(14)19-6-4-5-18(13-19)25(26,27)28)12-21-23(33)31(24(35)36-21)29-22(32)16-7-9-20(34-3)10-8-16/h4-13H,1-3H3,(H,29,32)/b21-12-. The zero-order valence-electron chi connectivity index (χ0n) is 19.3. The summed E-state index contributed by atoms with van der Waals surface area (Å²) < 4.78 is 46.5. The van der Waals surface area contributed by atoms with Crippen molar-refractivity contribution in [1.29, 1.82) is 0 Å². The summed E-state index contributed by atoms with van der Waals surface area (Å²) in [5.41, 5.74) is 4.44. The molecule has 2 aromatic carbocycles. The van der Waals surface area contributed by atoms with E-state index >= 15 is 0 Å². The number of hydrogen-bond donors (Lipinski definition) is 1. The number of carbonyl (C=O) groups excluding carboxylic acids is 2. The Labute approximate surface area is 214 Å². The zero-order valence-corrected chi connectivity index (χ0v) is 21.0. The van der Waals surface area contributed by atoms with E-state index in [-0.39, 0.29) is 9.23 Å². The molecule has 0 aliphatic carbocycles. The SMILES string of the molecule is COc1ccc(C(=O)NN2C(=O)/C(=C/c3cc(C)n(-c4cccc(C(F)(F)F)c4)c3C)SC2=S)cc1. The highest BCUT2D eigenvalue weighted by molar-refractivity contribution is 8.26. The van der Waals surface area contributed by atoms with Crippen LogP contribution in [0.4, 0.5) is 13.2 Å². The van der Waals surface area contributed by atoms with Gasteiger partial charge in [0.05, 0.1) is 17.6 Å². The second kappa shape index (κ2) is 9.82. The van der Waals surface area contributed by atoms with Gasteiger partial charge >= 0.3 is 6.18 Å². The van der Waals surface area contributed by atoms with Crippen LogP contribution in [0.1, 0.15) is 32.9 Å². The van der Waals surface area contributed by atoms with E-state index in [4.69, 9.17) is 17.0 Å². The number of aryl methyl sites for hydroxylation is 1. The first-order valence-electron chi connectivity index (χ1n) is 10.6. The van der Waals surface area contributed by atoms with E-state index in [0.29, 0.717) is 34.0 Å². The third-order valence-electron chi connectivity index (χ3n) is 5.55. The first kappa shape index (κ1) is 25.5. The molecule has 0 radical (unpaired) electrons. The van der Waals surface area contributed by atoms with Gasteiger partial charge in [-0.15, -0.1) is 0 Å². The summed E-state index contributed by atoms with van der Waals surface area (Å²) in [5.74, 6) is -0.434. The molecule has 11 heteroatoms. The third-order valence-corrected chi connectivity index (χ3v) is 6.85. The van der Waals surface area contributed by atoms with E-state index in [2.05, 4.69) is 5.43 Å². The molecular formula is C25H20F3N3O3S2. The van der Waals surface area contributed by atoms with Gasteiger partial charge in [0.2, 0.25) is 0 Å². The lowest BCUT2D eigenvalue weighted by Crippen LogP contribution is -2.44. The minimum atomic E-state index is -4.46. The number of hydrogen-bond acceptors (Lipinski definition) is 5. The van der Waals surface area contributed by atoms with Crippen molar-refractivity contribution in [1.82, 2.24) is 15.0 Å². The first-order chi connectivity index (χ1) is 17.0. The zero-order chi connectivity index (χ0) is 26.2. The van der Waals surface area contributed by atoms with Crippen LogP contribution in [0.15, 0.2) is 59.5 Å². The van der Waals surface area contributed by atoms with E-state index in [1.54, 1.807) is 60.9 Å². The van der Waals surface area contributed by atoms with Crippen molar-refractivity contribution in [2.75, 3.05) is 7.11 Å². The van der Waals surface area contributed by atoms with Crippen LogP contribution in [0.3, 0.4) is 0 Å². The van der Waals surface area contributed by atoms with Gasteiger partial charge in [0.15, 0.2) is 4.32 Å². The molecule has 0 bridgehead atoms. The monoisotopic (exact) mass is 531 g/mol. The lowest BCUT2D eigenvalue weighted by molar-refractivity contribution is -0.137. The minimum Gasteiger partial charge on any atom is -0.497 e. The summed E-state index contributed by atoms with van der Waals surface area (Å²) in [6.45, 7) is 3.52. The van der Waals surface area contributed by atoms with Crippen LogP contribution >= 0.6 is 24.0 Å². The first-order valence-corrected chi connectivity index (χ1v) is 11.8. The van der Waals surface area contributed by atoms with Crippen molar-refractivity contribution < 1.29 is 27.5 Å². The molecule has 0 spiro atoms. The number of alkyl halides is 3. The molecule has 1 aliphatic heterocycles. The molecule has 6 nitrogen and oxygen atoms in total. The Kier molecular flexibility index (Phi) is 6.96. The van der Waals surface area contributed by atoms with Gasteiger partial charge in [-0.25, -0.2) is 0 Å². The molecule has 1 N–H and O–H groups in total. The van der Waals surface area contributed by atoms with E-state index < -0.39 is 23.6 Å². The smallest absolute Gasteiger partial charge is 0.416 e. The lowest BCUT2D eigenvalue weighted by atomic mass is 10.2. The molecular weight excluding hydrogens is 511 g/mol. The number of amides is 2. The summed E-state index contributed by atoms with van der Waals surface area (Å²) in [7, 11) is 1.51. The molecule has 2 heterocycles. The maximum Gasteiger partial charge on any atom is 0.416 e. The van der Waals surface area contributed by atoms with Crippen LogP contribution in [-0.4, -0.2) is 32.8 Å². The number of hydrazine groups is 1. The minimum absolute atomic E-state index is 0.153. The van der Waals surface area contributed by atoms with E-state index in [0.717, 1.165) is 28.9 Å². The van der Waals surface area contributed by atoms with Crippen LogP contribution in [0.2, 0.25) is 0 Å². The second-order valence-electron chi connectivity index (χ2n) is 7.90. The largest absolute Gasteiger partial charge is 0.497 e. The van der Waals surface area contributed by atoms with Gasteiger partial charge in [0.1, 0.15) is 5.75 Å². The van der Waals surface area contributed by atoms with Gasteiger partial charge in [-0.1, -0.05) is 17.8 Å². The van der Waals surface area contributed by atoms with E-state index in [9.17, 15) is 22.8 Å². The number of nitrogens with zero attached hydrogens (tertiary/aromatic N) is 2. The maximum atomic E-state index is 13.2. The van der Waals surface area contributed by atoms with Crippen molar-refractivity contribution in [3.63, 3.8) is 0 Å². The number of methoxy groups -OCH3 is 1. The summed E-state index contributed by atoms with van der Waals surface area (Å²) in [6.07, 6.45) is -2.84. The Morgan fingerprint density at radius 1 is 1.11 bits per heavy atom. The number of ether oxygens (including phenoxy) is 1. The lowest BCUT2D eigenvalue weighted by Gasteiger charge is -2.15. The fourth-order valence-electron chi connectivity index (χ4n) is 3.77. The number of rotatable bonds is 5. The van der Waals surface area contributed by atoms with Gasteiger partial charge in [-0.2, -0.15) is 18.2 Å². The average molecular weight is 532 g/mol. The highest BCUT2D eigenvalue weighted by atomic mass is 32.2. The molecule has 2 amide bonds. The van der Waals surface area contributed by atoms with Gasteiger partial charge in [0.25, 0.3) is 11.8 Å². The third kappa shape index (κ3) is 5.02. The van der Waals surface area contributed by atoms with Gasteiger partial charge in [-0.3, -0.25) is 15.0 Å². The van der Waals surface area contributed by atoms with Crippen molar-refractivity contribution in [3.8, 4) is 11.4 Å². The topological polar surface area (TPSA) is 63.6 Å². The fraction of sp³-hybridized carbons (Fsp3) is 0.160. The van der Waals surface area contributed by atoms with Crippen molar-refractivity contribution in [2.45, 2.75) is 20.0 Å². The number of carbonyl (C=O) groups is 2. The second-order valence-corrected chi connectivity index (χ2v) is 9.57. The summed E-state index contributed by atoms with van der Waals surface area (Å²) >= 11 is 6.31. The number of halogens is 3. The Hall–Kier alpha value is -3.57. The number of thiocarbonyl (C=S) groups is 1. The molecule has 186 valence electrons.